The smallest absolute Gasteiger partial charge is 0.264 e. The summed E-state index contributed by atoms with van der Waals surface area (Å²) in [6.45, 7) is 1.28. The van der Waals surface area contributed by atoms with E-state index in [1.54, 1.807) is 49.4 Å². The molecule has 0 aliphatic heterocycles. The van der Waals surface area contributed by atoms with E-state index in [2.05, 4.69) is 5.32 Å². The minimum Gasteiger partial charge on any atom is -0.493 e. The number of amides is 1. The molecule has 7 nitrogen and oxygen atoms in total. The summed E-state index contributed by atoms with van der Waals surface area (Å²) in [5.41, 5.74) is 1.02. The second-order valence-corrected chi connectivity index (χ2v) is 9.07. The van der Waals surface area contributed by atoms with Crippen LogP contribution in [0.2, 0.25) is 0 Å². The number of nitrogens with zero attached hydrogens (tertiary/aromatic N) is 1. The van der Waals surface area contributed by atoms with E-state index in [4.69, 9.17) is 9.47 Å². The van der Waals surface area contributed by atoms with Crippen LogP contribution in [-0.2, 0) is 14.8 Å². The van der Waals surface area contributed by atoms with Gasteiger partial charge in [0, 0.05) is 6.07 Å². The van der Waals surface area contributed by atoms with Crippen molar-refractivity contribution in [3.8, 4) is 11.5 Å². The number of methoxy groups -OCH3 is 2. The molecule has 0 spiro atoms. The van der Waals surface area contributed by atoms with Crippen molar-refractivity contribution in [2.45, 2.75) is 17.9 Å². The Morgan fingerprint density at radius 2 is 1.61 bits per heavy atom. The van der Waals surface area contributed by atoms with Crippen molar-refractivity contribution < 1.29 is 27.1 Å². The fourth-order valence-electron chi connectivity index (χ4n) is 3.27. The van der Waals surface area contributed by atoms with E-state index in [1.165, 1.54) is 44.6 Å². The van der Waals surface area contributed by atoms with Gasteiger partial charge in [0.25, 0.3) is 10.0 Å². The van der Waals surface area contributed by atoms with Gasteiger partial charge in [-0.25, -0.2) is 12.8 Å². The van der Waals surface area contributed by atoms with Gasteiger partial charge in [-0.3, -0.25) is 9.10 Å². The van der Waals surface area contributed by atoms with Crippen LogP contribution in [0.4, 0.5) is 10.1 Å². The third-order valence-electron chi connectivity index (χ3n) is 5.02. The summed E-state index contributed by atoms with van der Waals surface area (Å²) < 4.78 is 51.7. The Bertz CT molecular complexity index is 1200. The molecule has 0 saturated carbocycles. The number of sulfonamides is 1. The van der Waals surface area contributed by atoms with Crippen LogP contribution >= 0.6 is 0 Å². The summed E-state index contributed by atoms with van der Waals surface area (Å²) in [5.74, 6) is -0.261. The third-order valence-corrected chi connectivity index (χ3v) is 6.79. The maximum Gasteiger partial charge on any atom is 0.264 e. The molecule has 3 rings (SSSR count). The van der Waals surface area contributed by atoms with Crippen LogP contribution in [0, 0.1) is 5.82 Å². The van der Waals surface area contributed by atoms with Crippen molar-refractivity contribution in [3.63, 3.8) is 0 Å². The fourth-order valence-corrected chi connectivity index (χ4v) is 4.70. The Labute approximate surface area is 192 Å². The van der Waals surface area contributed by atoms with Crippen LogP contribution in [0.1, 0.15) is 18.5 Å². The summed E-state index contributed by atoms with van der Waals surface area (Å²) in [4.78, 5) is 12.8. The molecular formula is C24H25FN2O5S. The van der Waals surface area contributed by atoms with Gasteiger partial charge < -0.3 is 14.8 Å². The van der Waals surface area contributed by atoms with Crippen molar-refractivity contribution in [2.24, 2.45) is 0 Å². The van der Waals surface area contributed by atoms with E-state index >= 15 is 0 Å². The van der Waals surface area contributed by atoms with E-state index in [1.807, 2.05) is 0 Å². The molecule has 0 aliphatic carbocycles. The van der Waals surface area contributed by atoms with E-state index < -0.39 is 28.5 Å². The van der Waals surface area contributed by atoms with E-state index in [0.717, 1.165) is 4.31 Å². The highest BCUT2D eigenvalue weighted by Gasteiger charge is 2.28. The molecule has 1 atom stereocenters. The van der Waals surface area contributed by atoms with Crippen molar-refractivity contribution in [1.82, 2.24) is 5.32 Å². The van der Waals surface area contributed by atoms with Gasteiger partial charge in [-0.1, -0.05) is 30.3 Å². The molecular weight excluding hydrogens is 447 g/mol. The topological polar surface area (TPSA) is 84.9 Å². The molecule has 3 aromatic rings. The van der Waals surface area contributed by atoms with Gasteiger partial charge in [-0.05, 0) is 48.9 Å². The number of carbonyl (C=O) groups is 1. The minimum absolute atomic E-state index is 0.0524. The van der Waals surface area contributed by atoms with Crippen LogP contribution in [0.15, 0.2) is 77.7 Å². The largest absolute Gasteiger partial charge is 0.493 e. The first-order valence-electron chi connectivity index (χ1n) is 10.1. The lowest BCUT2D eigenvalue weighted by Crippen LogP contribution is -2.41. The normalized spacial score (nSPS) is 12.0. The molecule has 1 N–H and O–H groups in total. The predicted octanol–water partition coefficient (Wildman–Crippen LogP) is 3.92. The summed E-state index contributed by atoms with van der Waals surface area (Å²) in [6, 6.07) is 17.9. The number of nitrogens with one attached hydrogen (secondary N) is 1. The molecule has 0 aliphatic rings. The Kier molecular flexibility index (Phi) is 7.55. The third kappa shape index (κ3) is 5.61. The predicted molar refractivity (Wildman–Crippen MR) is 123 cm³/mol. The molecule has 1 unspecified atom stereocenters. The zero-order valence-corrected chi connectivity index (χ0v) is 19.3. The number of hydrogen-bond acceptors (Lipinski definition) is 5. The van der Waals surface area contributed by atoms with Gasteiger partial charge in [-0.15, -0.1) is 0 Å². The van der Waals surface area contributed by atoms with Crippen molar-refractivity contribution >= 4 is 21.6 Å². The molecule has 174 valence electrons. The van der Waals surface area contributed by atoms with Crippen molar-refractivity contribution in [3.05, 3.63) is 84.2 Å². The molecule has 9 heteroatoms. The van der Waals surface area contributed by atoms with Crippen molar-refractivity contribution in [2.75, 3.05) is 25.1 Å². The summed E-state index contributed by atoms with van der Waals surface area (Å²) in [7, 11) is -1.26. The Morgan fingerprint density at radius 1 is 0.970 bits per heavy atom. The molecule has 3 aromatic carbocycles. The SMILES string of the molecule is COc1ccc(S(=O)(=O)N(CC(=O)NC(C)c2ccc(F)cc2)c2ccccc2)cc1OC. The Hall–Kier alpha value is -3.59. The van der Waals surface area contributed by atoms with E-state index in [-0.39, 0.29) is 16.5 Å². The first kappa shape index (κ1) is 24.1. The average molecular weight is 473 g/mol. The molecule has 0 bridgehead atoms. The number of ether oxygens (including phenoxy) is 2. The highest BCUT2D eigenvalue weighted by Crippen LogP contribution is 2.32. The molecule has 1 amide bonds. The van der Waals surface area contributed by atoms with Crippen LogP contribution in [-0.4, -0.2) is 35.1 Å². The number of hydrogen-bond donors (Lipinski definition) is 1. The number of para-hydroxylation sites is 1. The van der Waals surface area contributed by atoms with Crippen LogP contribution in [0.25, 0.3) is 0 Å². The first-order valence-corrected chi connectivity index (χ1v) is 11.5. The number of carbonyl (C=O) groups excluding carboxylic acids is 1. The molecule has 0 aromatic heterocycles. The Morgan fingerprint density at radius 3 is 2.21 bits per heavy atom. The first-order chi connectivity index (χ1) is 15.8. The zero-order chi connectivity index (χ0) is 24.0. The van der Waals surface area contributed by atoms with E-state index in [9.17, 15) is 17.6 Å². The number of halogens is 1. The van der Waals surface area contributed by atoms with Crippen LogP contribution in [0.5, 0.6) is 11.5 Å². The summed E-state index contributed by atoms with van der Waals surface area (Å²) in [6.07, 6.45) is 0. The highest BCUT2D eigenvalue weighted by molar-refractivity contribution is 7.92. The fraction of sp³-hybridized carbons (Fsp3) is 0.208. The van der Waals surface area contributed by atoms with Gasteiger partial charge in [0.15, 0.2) is 11.5 Å². The quantitative estimate of drug-likeness (QED) is 0.510. The monoisotopic (exact) mass is 472 g/mol. The molecule has 33 heavy (non-hydrogen) atoms. The van der Waals surface area contributed by atoms with Gasteiger partial charge in [0.2, 0.25) is 5.91 Å². The lowest BCUT2D eigenvalue weighted by Gasteiger charge is -2.25. The number of benzene rings is 3. The maximum atomic E-state index is 13.5. The molecule has 0 fully saturated rings. The van der Waals surface area contributed by atoms with Crippen LogP contribution in [0.3, 0.4) is 0 Å². The highest BCUT2D eigenvalue weighted by atomic mass is 32.2. The lowest BCUT2D eigenvalue weighted by molar-refractivity contribution is -0.120. The van der Waals surface area contributed by atoms with Crippen molar-refractivity contribution in [1.29, 1.82) is 0 Å². The second-order valence-electron chi connectivity index (χ2n) is 7.20. The zero-order valence-electron chi connectivity index (χ0n) is 18.5. The van der Waals surface area contributed by atoms with E-state index in [0.29, 0.717) is 17.0 Å². The number of anilines is 1. The van der Waals surface area contributed by atoms with Gasteiger partial charge >= 0.3 is 0 Å². The molecule has 0 saturated heterocycles. The molecule has 0 radical (unpaired) electrons. The molecule has 0 heterocycles. The average Bonchev–Trinajstić information content (AvgIpc) is 2.82. The Balaban J connectivity index is 1.90. The summed E-state index contributed by atoms with van der Waals surface area (Å²) in [5, 5.41) is 2.77. The second kappa shape index (κ2) is 10.4. The van der Waals surface area contributed by atoms with Gasteiger partial charge in [0.1, 0.15) is 12.4 Å². The lowest BCUT2D eigenvalue weighted by atomic mass is 10.1. The summed E-state index contributed by atoms with van der Waals surface area (Å²) >= 11 is 0. The maximum absolute atomic E-state index is 13.5. The van der Waals surface area contributed by atoms with Gasteiger partial charge in [-0.2, -0.15) is 0 Å². The minimum atomic E-state index is -4.13. The van der Waals surface area contributed by atoms with Gasteiger partial charge in [0.05, 0.1) is 30.8 Å². The standard InChI is InChI=1S/C24H25FN2O5S/c1-17(18-9-11-19(25)12-10-18)26-24(28)16-27(20-7-5-4-6-8-20)33(29,30)21-13-14-22(31-2)23(15-21)32-3/h4-15,17H,16H2,1-3H3,(H,26,28). The number of rotatable bonds is 9. The van der Waals surface area contributed by atoms with Crippen LogP contribution < -0.4 is 19.1 Å².